The molecule has 6 heteroatoms. The minimum Gasteiger partial charge on any atom is -0.355 e. The van der Waals surface area contributed by atoms with Crippen LogP contribution in [0.5, 0.6) is 0 Å². The van der Waals surface area contributed by atoms with E-state index in [0.29, 0.717) is 24.9 Å². The lowest BCUT2D eigenvalue weighted by molar-refractivity contribution is -0.120. The molecule has 0 spiro atoms. The van der Waals surface area contributed by atoms with Crippen molar-refractivity contribution in [3.63, 3.8) is 0 Å². The molecule has 2 amide bonds. The molecule has 0 aromatic rings. The Labute approximate surface area is 119 Å². The van der Waals surface area contributed by atoms with E-state index in [0.717, 1.165) is 25.7 Å². The molecule has 1 fully saturated rings. The van der Waals surface area contributed by atoms with Crippen LogP contribution >= 0.6 is 0 Å². The third-order valence-electron chi connectivity index (χ3n) is 3.55. The number of rotatable bonds is 6. The van der Waals surface area contributed by atoms with Crippen LogP contribution in [0.2, 0.25) is 0 Å². The van der Waals surface area contributed by atoms with Crippen molar-refractivity contribution in [2.75, 3.05) is 13.1 Å². The van der Waals surface area contributed by atoms with Gasteiger partial charge < -0.3 is 10.6 Å². The summed E-state index contributed by atoms with van der Waals surface area (Å²) in [4.78, 5) is 22.5. The van der Waals surface area contributed by atoms with Gasteiger partial charge in [0.1, 0.15) is 12.8 Å². The average Bonchev–Trinajstić information content (AvgIpc) is 2.44. The summed E-state index contributed by atoms with van der Waals surface area (Å²) >= 11 is 0. The molecular formula is C14H20N4O2. The van der Waals surface area contributed by atoms with Gasteiger partial charge in [-0.05, 0) is 31.1 Å². The number of hydrogen-bond acceptors (Lipinski definition) is 4. The first-order valence-electron chi connectivity index (χ1n) is 6.93. The number of hydrogen-bond donors (Lipinski definition) is 2. The molecule has 0 aromatic heterocycles. The fourth-order valence-electron chi connectivity index (χ4n) is 2.56. The molecule has 1 aliphatic rings. The van der Waals surface area contributed by atoms with Gasteiger partial charge in [0.15, 0.2) is 0 Å². The maximum atomic E-state index is 11.2. The van der Waals surface area contributed by atoms with Crippen LogP contribution in [-0.2, 0) is 9.59 Å². The second kappa shape index (κ2) is 8.92. The maximum absolute atomic E-state index is 11.2. The van der Waals surface area contributed by atoms with Crippen LogP contribution in [0.25, 0.3) is 0 Å². The lowest BCUT2D eigenvalue weighted by atomic mass is 9.81. The Kier molecular flexibility index (Phi) is 7.13. The van der Waals surface area contributed by atoms with E-state index in [9.17, 15) is 9.59 Å². The molecule has 0 aliphatic heterocycles. The van der Waals surface area contributed by atoms with Gasteiger partial charge in [0.05, 0.1) is 12.1 Å². The average molecular weight is 276 g/mol. The zero-order valence-corrected chi connectivity index (χ0v) is 11.5. The third-order valence-corrected chi connectivity index (χ3v) is 3.55. The molecule has 2 unspecified atom stereocenters. The molecule has 2 N–H and O–H groups in total. The van der Waals surface area contributed by atoms with Gasteiger partial charge in [0.2, 0.25) is 11.8 Å². The number of carbonyl (C=O) groups is 2. The molecule has 1 saturated carbocycles. The van der Waals surface area contributed by atoms with E-state index in [1.807, 2.05) is 12.1 Å². The molecule has 1 rings (SSSR count). The molecule has 108 valence electrons. The van der Waals surface area contributed by atoms with E-state index < -0.39 is 0 Å². The van der Waals surface area contributed by atoms with Gasteiger partial charge in [-0.3, -0.25) is 9.59 Å². The van der Waals surface area contributed by atoms with Crippen molar-refractivity contribution in [3.8, 4) is 12.1 Å². The summed E-state index contributed by atoms with van der Waals surface area (Å²) in [5.74, 6) is 0.363. The molecule has 1 aliphatic carbocycles. The zero-order chi connectivity index (χ0) is 14.8. The minimum atomic E-state index is -0.225. The van der Waals surface area contributed by atoms with Crippen molar-refractivity contribution >= 4 is 11.8 Å². The monoisotopic (exact) mass is 276 g/mol. The summed E-state index contributed by atoms with van der Waals surface area (Å²) in [7, 11) is 0. The number of nitrogens with one attached hydrogen (secondary N) is 2. The SMILES string of the molecule is N#CCC(=O)NCC1CCCC(CNC(=O)CC#N)C1. The summed E-state index contributed by atoms with van der Waals surface area (Å²) in [6.07, 6.45) is 3.98. The maximum Gasteiger partial charge on any atom is 0.234 e. The van der Waals surface area contributed by atoms with Gasteiger partial charge in [-0.15, -0.1) is 0 Å². The Hall–Kier alpha value is -2.08. The second-order valence-corrected chi connectivity index (χ2v) is 5.18. The Morgan fingerprint density at radius 2 is 1.40 bits per heavy atom. The van der Waals surface area contributed by atoms with Gasteiger partial charge in [-0.1, -0.05) is 6.42 Å². The molecule has 0 aromatic carbocycles. The molecule has 6 nitrogen and oxygen atoms in total. The predicted molar refractivity (Wildman–Crippen MR) is 71.9 cm³/mol. The lowest BCUT2D eigenvalue weighted by Crippen LogP contribution is -2.35. The van der Waals surface area contributed by atoms with Gasteiger partial charge >= 0.3 is 0 Å². The number of nitrogens with zero attached hydrogens (tertiary/aromatic N) is 2. The standard InChI is InChI=1S/C14H20N4O2/c15-6-4-13(19)17-9-11-2-1-3-12(8-11)10-18-14(20)5-7-16/h11-12H,1-5,8-10H2,(H,17,19)(H,18,20). The summed E-state index contributed by atoms with van der Waals surface area (Å²) in [6.45, 7) is 1.20. The summed E-state index contributed by atoms with van der Waals surface area (Å²) < 4.78 is 0. The molecule has 0 bridgehead atoms. The lowest BCUT2D eigenvalue weighted by Gasteiger charge is -2.29. The van der Waals surface area contributed by atoms with Gasteiger partial charge in [0, 0.05) is 13.1 Å². The van der Waals surface area contributed by atoms with Crippen LogP contribution in [-0.4, -0.2) is 24.9 Å². The van der Waals surface area contributed by atoms with Crippen LogP contribution in [0.15, 0.2) is 0 Å². The normalized spacial score (nSPS) is 21.3. The minimum absolute atomic E-state index is 0.0969. The van der Waals surface area contributed by atoms with Crippen LogP contribution in [0.3, 0.4) is 0 Å². The fraction of sp³-hybridized carbons (Fsp3) is 0.714. The summed E-state index contributed by atoms with van der Waals surface area (Å²) in [6, 6.07) is 3.65. The Morgan fingerprint density at radius 3 is 1.80 bits per heavy atom. The van der Waals surface area contributed by atoms with Gasteiger partial charge in [-0.2, -0.15) is 10.5 Å². The third kappa shape index (κ3) is 6.19. The molecular weight excluding hydrogens is 256 g/mol. The highest BCUT2D eigenvalue weighted by Crippen LogP contribution is 2.28. The quantitative estimate of drug-likeness (QED) is 0.750. The Morgan fingerprint density at radius 1 is 0.950 bits per heavy atom. The number of amides is 2. The van der Waals surface area contributed by atoms with Crippen LogP contribution in [0, 0.1) is 34.5 Å². The van der Waals surface area contributed by atoms with Crippen LogP contribution in [0.1, 0.15) is 38.5 Å². The highest BCUT2D eigenvalue weighted by atomic mass is 16.2. The summed E-state index contributed by atoms with van der Waals surface area (Å²) in [5.41, 5.74) is 0. The van der Waals surface area contributed by atoms with E-state index in [2.05, 4.69) is 10.6 Å². The van der Waals surface area contributed by atoms with Gasteiger partial charge in [0.25, 0.3) is 0 Å². The van der Waals surface area contributed by atoms with Crippen molar-refractivity contribution in [1.29, 1.82) is 10.5 Å². The van der Waals surface area contributed by atoms with E-state index in [-0.39, 0.29) is 24.7 Å². The van der Waals surface area contributed by atoms with Crippen molar-refractivity contribution < 1.29 is 9.59 Å². The first-order valence-corrected chi connectivity index (χ1v) is 6.93. The first kappa shape index (κ1) is 16.0. The Bertz CT molecular complexity index is 384. The zero-order valence-electron chi connectivity index (χ0n) is 11.5. The van der Waals surface area contributed by atoms with Crippen molar-refractivity contribution in [2.24, 2.45) is 11.8 Å². The molecule has 0 heterocycles. The topological polar surface area (TPSA) is 106 Å². The molecule has 2 atom stereocenters. The van der Waals surface area contributed by atoms with Crippen LogP contribution in [0.4, 0.5) is 0 Å². The molecule has 20 heavy (non-hydrogen) atoms. The largest absolute Gasteiger partial charge is 0.355 e. The molecule has 0 radical (unpaired) electrons. The molecule has 0 saturated heterocycles. The summed E-state index contributed by atoms with van der Waals surface area (Å²) in [5, 5.41) is 22.3. The van der Waals surface area contributed by atoms with E-state index in [4.69, 9.17) is 10.5 Å². The van der Waals surface area contributed by atoms with E-state index in [1.165, 1.54) is 0 Å². The number of nitriles is 2. The van der Waals surface area contributed by atoms with Crippen molar-refractivity contribution in [1.82, 2.24) is 10.6 Å². The van der Waals surface area contributed by atoms with E-state index >= 15 is 0 Å². The first-order chi connectivity index (χ1) is 9.65. The van der Waals surface area contributed by atoms with Crippen molar-refractivity contribution in [2.45, 2.75) is 38.5 Å². The van der Waals surface area contributed by atoms with E-state index in [1.54, 1.807) is 0 Å². The predicted octanol–water partition coefficient (Wildman–Crippen LogP) is 0.853. The highest BCUT2D eigenvalue weighted by molar-refractivity contribution is 5.78. The van der Waals surface area contributed by atoms with Gasteiger partial charge in [-0.25, -0.2) is 0 Å². The second-order valence-electron chi connectivity index (χ2n) is 5.18. The van der Waals surface area contributed by atoms with Crippen molar-refractivity contribution in [3.05, 3.63) is 0 Å². The smallest absolute Gasteiger partial charge is 0.234 e. The highest BCUT2D eigenvalue weighted by Gasteiger charge is 2.22. The number of carbonyl (C=O) groups excluding carboxylic acids is 2. The Balaban J connectivity index is 2.25. The van der Waals surface area contributed by atoms with Crippen LogP contribution < -0.4 is 10.6 Å². The fourth-order valence-corrected chi connectivity index (χ4v) is 2.56.